The Kier molecular flexibility index (Phi) is 5.24. The highest BCUT2D eigenvalue weighted by Gasteiger charge is 2.22. The van der Waals surface area contributed by atoms with E-state index >= 15 is 0 Å². The predicted molar refractivity (Wildman–Crippen MR) is 105 cm³/mol. The first-order chi connectivity index (χ1) is 14.0. The standard InChI is InChI=1S/C21H23N5O3/c1-13-17(14(2)26-21(24-13)22-12-23-26)10-20(28)29-11-19(27)25-18-9-5-7-15-6-3-4-8-16(15)18/h3-4,6,8,12,18H,5,7,9-11H2,1-2H3,(H,25,27)/t18-/m0/s1. The summed E-state index contributed by atoms with van der Waals surface area (Å²) in [4.78, 5) is 33.0. The Balaban J connectivity index is 1.35. The number of nitrogens with one attached hydrogen (secondary N) is 1. The minimum absolute atomic E-state index is 0.0278. The van der Waals surface area contributed by atoms with Crippen molar-refractivity contribution in [2.45, 2.75) is 45.6 Å². The molecule has 2 heterocycles. The Bertz CT molecular complexity index is 1080. The highest BCUT2D eigenvalue weighted by molar-refractivity contribution is 5.81. The van der Waals surface area contributed by atoms with Crippen molar-refractivity contribution < 1.29 is 14.3 Å². The lowest BCUT2D eigenvalue weighted by Gasteiger charge is -2.26. The van der Waals surface area contributed by atoms with E-state index < -0.39 is 5.97 Å². The van der Waals surface area contributed by atoms with Gasteiger partial charge in [0.2, 0.25) is 0 Å². The van der Waals surface area contributed by atoms with Crippen LogP contribution >= 0.6 is 0 Å². The fourth-order valence-corrected chi connectivity index (χ4v) is 3.89. The van der Waals surface area contributed by atoms with Crippen molar-refractivity contribution in [1.29, 1.82) is 0 Å². The molecule has 0 bridgehead atoms. The van der Waals surface area contributed by atoms with E-state index in [4.69, 9.17) is 4.74 Å². The van der Waals surface area contributed by atoms with E-state index in [0.29, 0.717) is 11.5 Å². The molecular formula is C21H23N5O3. The second kappa shape index (κ2) is 7.98. The number of aromatic nitrogens is 4. The molecule has 150 valence electrons. The van der Waals surface area contributed by atoms with Crippen molar-refractivity contribution in [1.82, 2.24) is 24.9 Å². The van der Waals surface area contributed by atoms with Crippen molar-refractivity contribution >= 4 is 17.7 Å². The first-order valence-corrected chi connectivity index (χ1v) is 9.71. The number of aryl methyl sites for hydroxylation is 3. The zero-order valence-electron chi connectivity index (χ0n) is 16.5. The van der Waals surface area contributed by atoms with Gasteiger partial charge in [0, 0.05) is 17.0 Å². The molecular weight excluding hydrogens is 370 g/mol. The number of hydrogen-bond acceptors (Lipinski definition) is 6. The van der Waals surface area contributed by atoms with Crippen LogP contribution in [0, 0.1) is 13.8 Å². The summed E-state index contributed by atoms with van der Waals surface area (Å²) in [7, 11) is 0. The van der Waals surface area contributed by atoms with Gasteiger partial charge in [0.25, 0.3) is 11.7 Å². The van der Waals surface area contributed by atoms with E-state index in [9.17, 15) is 9.59 Å². The van der Waals surface area contributed by atoms with Gasteiger partial charge in [-0.25, -0.2) is 9.50 Å². The van der Waals surface area contributed by atoms with Gasteiger partial charge in [-0.05, 0) is 44.2 Å². The largest absolute Gasteiger partial charge is 0.455 e. The van der Waals surface area contributed by atoms with Crippen LogP contribution in [0.15, 0.2) is 30.6 Å². The summed E-state index contributed by atoms with van der Waals surface area (Å²) in [6, 6.07) is 8.10. The number of carbonyl (C=O) groups is 2. The minimum Gasteiger partial charge on any atom is -0.455 e. The molecule has 2 aromatic heterocycles. The fraction of sp³-hybridized carbons (Fsp3) is 0.381. The van der Waals surface area contributed by atoms with E-state index in [0.717, 1.165) is 36.1 Å². The van der Waals surface area contributed by atoms with Gasteiger partial charge < -0.3 is 10.1 Å². The summed E-state index contributed by atoms with van der Waals surface area (Å²) in [6.07, 6.45) is 4.39. The third-order valence-corrected chi connectivity index (χ3v) is 5.38. The maximum absolute atomic E-state index is 12.3. The molecule has 0 aliphatic heterocycles. The van der Waals surface area contributed by atoms with E-state index in [1.54, 1.807) is 4.52 Å². The first-order valence-electron chi connectivity index (χ1n) is 9.71. The highest BCUT2D eigenvalue weighted by atomic mass is 16.5. The minimum atomic E-state index is -0.475. The quantitative estimate of drug-likeness (QED) is 0.666. The number of amides is 1. The number of nitrogens with zero attached hydrogens (tertiary/aromatic N) is 4. The van der Waals surface area contributed by atoms with Crippen molar-refractivity contribution in [3.05, 3.63) is 58.7 Å². The Morgan fingerprint density at radius 3 is 2.97 bits per heavy atom. The molecule has 8 heteroatoms. The average Bonchev–Trinajstić information content (AvgIpc) is 3.18. The van der Waals surface area contributed by atoms with E-state index in [1.165, 1.54) is 11.9 Å². The molecule has 1 atom stereocenters. The number of rotatable bonds is 5. The molecule has 0 fully saturated rings. The normalized spacial score (nSPS) is 15.7. The van der Waals surface area contributed by atoms with Gasteiger partial charge in [-0.15, -0.1) is 0 Å². The van der Waals surface area contributed by atoms with Gasteiger partial charge in [0.05, 0.1) is 12.5 Å². The summed E-state index contributed by atoms with van der Waals surface area (Å²) in [5.41, 5.74) is 4.63. The zero-order valence-corrected chi connectivity index (χ0v) is 16.5. The molecule has 4 rings (SSSR count). The van der Waals surface area contributed by atoms with Crippen LogP contribution in [0.2, 0.25) is 0 Å². The second-order valence-electron chi connectivity index (χ2n) is 7.28. The molecule has 0 unspecified atom stereocenters. The highest BCUT2D eigenvalue weighted by Crippen LogP contribution is 2.29. The van der Waals surface area contributed by atoms with Crippen LogP contribution in [0.5, 0.6) is 0 Å². The van der Waals surface area contributed by atoms with E-state index in [1.807, 2.05) is 32.0 Å². The third-order valence-electron chi connectivity index (χ3n) is 5.38. The Hall–Kier alpha value is -3.29. The van der Waals surface area contributed by atoms with E-state index in [2.05, 4.69) is 26.4 Å². The van der Waals surface area contributed by atoms with Gasteiger partial charge in [0.1, 0.15) is 6.33 Å². The lowest BCUT2D eigenvalue weighted by molar-refractivity contribution is -0.148. The summed E-state index contributed by atoms with van der Waals surface area (Å²) in [6.45, 7) is 3.37. The first kappa shape index (κ1) is 19.0. The van der Waals surface area contributed by atoms with Crippen LogP contribution in [0.3, 0.4) is 0 Å². The molecule has 1 amide bonds. The van der Waals surface area contributed by atoms with Crippen molar-refractivity contribution in [2.24, 2.45) is 0 Å². The SMILES string of the molecule is Cc1nc2ncnn2c(C)c1CC(=O)OCC(=O)N[C@H]1CCCc2ccccc21. The molecule has 1 aliphatic carbocycles. The number of benzene rings is 1. The number of fused-ring (bicyclic) bond motifs is 2. The molecule has 0 radical (unpaired) electrons. The number of carbonyl (C=O) groups excluding carboxylic acids is 2. The number of hydrogen-bond donors (Lipinski definition) is 1. The topological polar surface area (TPSA) is 98.5 Å². The van der Waals surface area contributed by atoms with Crippen molar-refractivity contribution in [3.8, 4) is 0 Å². The Morgan fingerprint density at radius 2 is 2.10 bits per heavy atom. The van der Waals surface area contributed by atoms with Crippen LogP contribution in [-0.2, 0) is 27.2 Å². The lowest BCUT2D eigenvalue weighted by atomic mass is 9.88. The molecule has 3 aromatic rings. The Labute approximate surface area is 168 Å². The van der Waals surface area contributed by atoms with Gasteiger partial charge in [0.15, 0.2) is 6.61 Å². The maximum Gasteiger partial charge on any atom is 0.310 e. The van der Waals surface area contributed by atoms with Crippen LogP contribution < -0.4 is 5.32 Å². The zero-order chi connectivity index (χ0) is 20.4. The van der Waals surface area contributed by atoms with Crippen LogP contribution in [0.25, 0.3) is 5.78 Å². The van der Waals surface area contributed by atoms with Crippen LogP contribution in [0.1, 0.15) is 47.0 Å². The smallest absolute Gasteiger partial charge is 0.310 e. The second-order valence-corrected chi connectivity index (χ2v) is 7.28. The van der Waals surface area contributed by atoms with Crippen LogP contribution in [0.4, 0.5) is 0 Å². The monoisotopic (exact) mass is 393 g/mol. The molecule has 0 saturated heterocycles. The molecule has 29 heavy (non-hydrogen) atoms. The fourth-order valence-electron chi connectivity index (χ4n) is 3.89. The third kappa shape index (κ3) is 3.96. The van der Waals surface area contributed by atoms with Crippen LogP contribution in [-0.4, -0.2) is 38.1 Å². The maximum atomic E-state index is 12.3. The molecule has 1 aliphatic rings. The Morgan fingerprint density at radius 1 is 1.28 bits per heavy atom. The number of ether oxygens (including phenoxy) is 1. The molecule has 0 spiro atoms. The summed E-state index contributed by atoms with van der Waals surface area (Å²) in [5.74, 6) is -0.278. The van der Waals surface area contributed by atoms with Gasteiger partial charge in [-0.1, -0.05) is 24.3 Å². The summed E-state index contributed by atoms with van der Waals surface area (Å²) >= 11 is 0. The summed E-state index contributed by atoms with van der Waals surface area (Å²) in [5, 5.41) is 7.10. The molecule has 8 nitrogen and oxygen atoms in total. The van der Waals surface area contributed by atoms with Crippen molar-refractivity contribution in [2.75, 3.05) is 6.61 Å². The van der Waals surface area contributed by atoms with Gasteiger partial charge in [-0.3, -0.25) is 9.59 Å². The predicted octanol–water partition coefficient (Wildman–Crippen LogP) is 2.02. The molecule has 0 saturated carbocycles. The number of esters is 1. The molecule has 1 N–H and O–H groups in total. The summed E-state index contributed by atoms with van der Waals surface area (Å²) < 4.78 is 6.80. The van der Waals surface area contributed by atoms with E-state index in [-0.39, 0.29) is 25.0 Å². The van der Waals surface area contributed by atoms with Crippen molar-refractivity contribution in [3.63, 3.8) is 0 Å². The molecule has 1 aromatic carbocycles. The van der Waals surface area contributed by atoms with Gasteiger partial charge >= 0.3 is 5.97 Å². The van der Waals surface area contributed by atoms with Gasteiger partial charge in [-0.2, -0.15) is 10.1 Å². The average molecular weight is 393 g/mol. The lowest BCUT2D eigenvalue weighted by Crippen LogP contribution is -2.34.